The summed E-state index contributed by atoms with van der Waals surface area (Å²) >= 11 is 1.66. The van der Waals surface area contributed by atoms with Gasteiger partial charge < -0.3 is 10.2 Å². The van der Waals surface area contributed by atoms with Crippen molar-refractivity contribution in [1.29, 1.82) is 0 Å². The highest BCUT2D eigenvalue weighted by Gasteiger charge is 2.24. The summed E-state index contributed by atoms with van der Waals surface area (Å²) in [6.45, 7) is 6.07. The van der Waals surface area contributed by atoms with E-state index < -0.39 is 0 Å². The molecule has 2 heterocycles. The quantitative estimate of drug-likeness (QED) is 0.638. The van der Waals surface area contributed by atoms with Gasteiger partial charge in [-0.05, 0) is 19.1 Å². The van der Waals surface area contributed by atoms with Crippen molar-refractivity contribution >= 4 is 17.8 Å². The maximum atomic E-state index is 12.1. The maximum Gasteiger partial charge on any atom is 0.317 e. The first kappa shape index (κ1) is 17.6. The van der Waals surface area contributed by atoms with Crippen molar-refractivity contribution in [3.05, 3.63) is 30.1 Å². The second kappa shape index (κ2) is 9.43. The van der Waals surface area contributed by atoms with E-state index in [1.165, 1.54) is 0 Å². The van der Waals surface area contributed by atoms with E-state index in [0.717, 1.165) is 37.6 Å². The first-order chi connectivity index (χ1) is 11.2. The predicted octanol–water partition coefficient (Wildman–Crippen LogP) is 1.84. The SMILES string of the molecule is C#CCSCCNC(=O)N1CCN([C@@H](C)c2ccccn2)CC1. The summed E-state index contributed by atoms with van der Waals surface area (Å²) in [5.41, 5.74) is 1.08. The van der Waals surface area contributed by atoms with Gasteiger partial charge in [0, 0.05) is 50.7 Å². The summed E-state index contributed by atoms with van der Waals surface area (Å²) < 4.78 is 0. The number of carbonyl (C=O) groups excluding carboxylic acids is 1. The number of rotatable bonds is 6. The van der Waals surface area contributed by atoms with Gasteiger partial charge in [-0.25, -0.2) is 4.79 Å². The van der Waals surface area contributed by atoms with Gasteiger partial charge in [0.15, 0.2) is 0 Å². The highest BCUT2D eigenvalue weighted by Crippen LogP contribution is 2.19. The average Bonchev–Trinajstić information content (AvgIpc) is 2.61. The van der Waals surface area contributed by atoms with Gasteiger partial charge in [0.2, 0.25) is 0 Å². The number of urea groups is 1. The molecule has 0 saturated carbocycles. The third kappa shape index (κ3) is 5.45. The number of piperazine rings is 1. The molecule has 0 aliphatic carbocycles. The van der Waals surface area contributed by atoms with Crippen molar-refractivity contribution in [1.82, 2.24) is 20.1 Å². The van der Waals surface area contributed by atoms with Gasteiger partial charge >= 0.3 is 6.03 Å². The third-order valence-corrected chi connectivity index (χ3v) is 4.84. The summed E-state index contributed by atoms with van der Waals surface area (Å²) in [7, 11) is 0. The molecule has 1 N–H and O–H groups in total. The molecule has 0 unspecified atom stereocenters. The minimum absolute atomic E-state index is 0.0245. The van der Waals surface area contributed by atoms with Crippen LogP contribution in [0.3, 0.4) is 0 Å². The van der Waals surface area contributed by atoms with Crippen LogP contribution >= 0.6 is 11.8 Å². The summed E-state index contributed by atoms with van der Waals surface area (Å²) in [5.74, 6) is 4.13. The molecule has 2 rings (SSSR count). The van der Waals surface area contributed by atoms with Crippen LogP contribution < -0.4 is 5.32 Å². The Morgan fingerprint density at radius 2 is 2.22 bits per heavy atom. The Morgan fingerprint density at radius 1 is 1.43 bits per heavy atom. The molecule has 6 heteroatoms. The zero-order chi connectivity index (χ0) is 16.5. The number of nitrogens with one attached hydrogen (secondary N) is 1. The lowest BCUT2D eigenvalue weighted by molar-refractivity contribution is 0.113. The lowest BCUT2D eigenvalue weighted by Crippen LogP contribution is -2.52. The number of thioether (sulfide) groups is 1. The van der Waals surface area contributed by atoms with Crippen molar-refractivity contribution in [2.45, 2.75) is 13.0 Å². The Balaban J connectivity index is 1.71. The predicted molar refractivity (Wildman–Crippen MR) is 95.4 cm³/mol. The van der Waals surface area contributed by atoms with Crippen LogP contribution in [0, 0.1) is 12.3 Å². The number of nitrogens with zero attached hydrogens (tertiary/aromatic N) is 3. The smallest absolute Gasteiger partial charge is 0.317 e. The molecule has 1 aromatic heterocycles. The van der Waals surface area contributed by atoms with Crippen molar-refractivity contribution in [2.75, 3.05) is 44.2 Å². The van der Waals surface area contributed by atoms with Crippen molar-refractivity contribution in [2.24, 2.45) is 0 Å². The van der Waals surface area contributed by atoms with E-state index in [0.29, 0.717) is 12.3 Å². The minimum Gasteiger partial charge on any atom is -0.337 e. The standard InChI is InChI=1S/C17H24N4OS/c1-3-13-23-14-8-19-17(22)21-11-9-20(10-12-21)15(2)16-6-4-5-7-18-16/h1,4-7,15H,8-14H2,2H3,(H,19,22)/t15-/m0/s1. The van der Waals surface area contributed by atoms with Gasteiger partial charge in [0.05, 0.1) is 11.4 Å². The van der Waals surface area contributed by atoms with E-state index in [1.807, 2.05) is 23.2 Å². The lowest BCUT2D eigenvalue weighted by atomic mass is 10.1. The summed E-state index contributed by atoms with van der Waals surface area (Å²) in [4.78, 5) is 20.8. The van der Waals surface area contributed by atoms with Crippen LogP contribution in [0.2, 0.25) is 0 Å². The molecule has 0 bridgehead atoms. The summed E-state index contributed by atoms with van der Waals surface area (Å²) in [5, 5.41) is 2.95. The van der Waals surface area contributed by atoms with Gasteiger partial charge in [0.25, 0.3) is 0 Å². The number of hydrogen-bond acceptors (Lipinski definition) is 4. The molecule has 1 atom stereocenters. The Kier molecular flexibility index (Phi) is 7.24. The van der Waals surface area contributed by atoms with Gasteiger partial charge in [-0.2, -0.15) is 0 Å². The van der Waals surface area contributed by atoms with Gasteiger partial charge in [-0.3, -0.25) is 9.88 Å². The van der Waals surface area contributed by atoms with Crippen molar-refractivity contribution in [3.8, 4) is 12.3 Å². The maximum absolute atomic E-state index is 12.1. The number of hydrogen-bond donors (Lipinski definition) is 1. The summed E-state index contributed by atoms with van der Waals surface area (Å²) in [6.07, 6.45) is 7.02. The van der Waals surface area contributed by atoms with E-state index in [-0.39, 0.29) is 12.1 Å². The number of carbonyl (C=O) groups is 1. The first-order valence-electron chi connectivity index (χ1n) is 7.91. The molecule has 5 nitrogen and oxygen atoms in total. The van der Waals surface area contributed by atoms with Crippen LogP contribution in [-0.2, 0) is 0 Å². The average molecular weight is 332 g/mol. The molecule has 23 heavy (non-hydrogen) atoms. The molecule has 1 saturated heterocycles. The fourth-order valence-corrected chi connectivity index (χ4v) is 3.10. The Bertz CT molecular complexity index is 523. The zero-order valence-corrected chi connectivity index (χ0v) is 14.4. The molecule has 1 fully saturated rings. The van der Waals surface area contributed by atoms with Crippen molar-refractivity contribution in [3.63, 3.8) is 0 Å². The topological polar surface area (TPSA) is 48.5 Å². The number of aromatic nitrogens is 1. The summed E-state index contributed by atoms with van der Waals surface area (Å²) in [6, 6.07) is 6.30. The molecule has 1 aliphatic rings. The molecule has 2 amide bonds. The van der Waals surface area contributed by atoms with Gasteiger partial charge in [-0.15, -0.1) is 18.2 Å². The van der Waals surface area contributed by atoms with Crippen LogP contribution in [0.15, 0.2) is 24.4 Å². The molecule has 1 aromatic rings. The largest absolute Gasteiger partial charge is 0.337 e. The molecular weight excluding hydrogens is 308 g/mol. The fourth-order valence-electron chi connectivity index (χ4n) is 2.60. The Labute approximate surface area is 142 Å². The van der Waals surface area contributed by atoms with E-state index in [4.69, 9.17) is 6.42 Å². The van der Waals surface area contributed by atoms with Crippen LogP contribution in [0.1, 0.15) is 18.7 Å². The van der Waals surface area contributed by atoms with Crippen molar-refractivity contribution < 1.29 is 4.79 Å². The molecule has 0 radical (unpaired) electrons. The molecular formula is C17H24N4OS. The van der Waals surface area contributed by atoms with Gasteiger partial charge in [-0.1, -0.05) is 12.0 Å². The van der Waals surface area contributed by atoms with E-state index >= 15 is 0 Å². The molecule has 1 aliphatic heterocycles. The van der Waals surface area contributed by atoms with Crippen LogP contribution in [0.5, 0.6) is 0 Å². The third-order valence-electron chi connectivity index (χ3n) is 3.97. The molecule has 0 spiro atoms. The van der Waals surface area contributed by atoms with Gasteiger partial charge in [0.1, 0.15) is 0 Å². The van der Waals surface area contributed by atoms with E-state index in [1.54, 1.807) is 11.8 Å². The lowest BCUT2D eigenvalue weighted by Gasteiger charge is -2.37. The number of amides is 2. The number of pyridine rings is 1. The van der Waals surface area contributed by atoms with Crippen LogP contribution in [0.4, 0.5) is 4.79 Å². The fraction of sp³-hybridized carbons (Fsp3) is 0.529. The highest BCUT2D eigenvalue weighted by molar-refractivity contribution is 7.99. The molecule has 124 valence electrons. The normalized spacial score (nSPS) is 16.6. The monoisotopic (exact) mass is 332 g/mol. The zero-order valence-electron chi connectivity index (χ0n) is 13.6. The Morgan fingerprint density at radius 3 is 2.87 bits per heavy atom. The Hall–Kier alpha value is -1.71. The second-order valence-electron chi connectivity index (χ2n) is 5.44. The highest BCUT2D eigenvalue weighted by atomic mass is 32.2. The van der Waals surface area contributed by atoms with Crippen LogP contribution in [-0.4, -0.2) is 65.0 Å². The van der Waals surface area contributed by atoms with E-state index in [2.05, 4.69) is 34.1 Å². The first-order valence-corrected chi connectivity index (χ1v) is 9.07. The number of terminal acetylenes is 1. The molecule has 0 aromatic carbocycles. The second-order valence-corrected chi connectivity index (χ2v) is 6.55. The van der Waals surface area contributed by atoms with E-state index in [9.17, 15) is 4.79 Å². The van der Waals surface area contributed by atoms with Crippen LogP contribution in [0.25, 0.3) is 0 Å². The minimum atomic E-state index is 0.0245.